The fraction of sp³-hybridized carbons (Fsp3) is 0.941. The van der Waals surface area contributed by atoms with Gasteiger partial charge in [0.1, 0.15) is 19.3 Å². The number of ether oxygens (including phenoxy) is 4. The van der Waals surface area contributed by atoms with Crippen molar-refractivity contribution >= 4 is 39.5 Å². The summed E-state index contributed by atoms with van der Waals surface area (Å²) in [5, 5.41) is 10.6. The fourth-order valence-electron chi connectivity index (χ4n) is 10.3. The highest BCUT2D eigenvalue weighted by Gasteiger charge is 2.30. The summed E-state index contributed by atoms with van der Waals surface area (Å²) < 4.78 is 68.1. The van der Waals surface area contributed by atoms with E-state index in [0.717, 1.165) is 89.9 Å². The van der Waals surface area contributed by atoms with Crippen LogP contribution in [0.3, 0.4) is 0 Å². The lowest BCUT2D eigenvalue weighted by molar-refractivity contribution is -0.161. The van der Waals surface area contributed by atoms with Gasteiger partial charge in [0.25, 0.3) is 0 Å². The Bertz CT molecular complexity index is 1670. The zero-order valence-electron chi connectivity index (χ0n) is 56.0. The van der Waals surface area contributed by atoms with E-state index >= 15 is 0 Å². The van der Waals surface area contributed by atoms with Crippen molar-refractivity contribution in [1.29, 1.82) is 0 Å². The molecular formula is C68H132O17P2. The molecule has 0 aliphatic heterocycles. The Kier molecular flexibility index (Phi) is 61.4. The van der Waals surface area contributed by atoms with Gasteiger partial charge in [-0.2, -0.15) is 0 Å². The lowest BCUT2D eigenvalue weighted by Crippen LogP contribution is -2.30. The molecule has 516 valence electrons. The van der Waals surface area contributed by atoms with Gasteiger partial charge < -0.3 is 33.8 Å². The van der Waals surface area contributed by atoms with Gasteiger partial charge in [-0.3, -0.25) is 37.3 Å². The quantitative estimate of drug-likeness (QED) is 0.0222. The zero-order valence-corrected chi connectivity index (χ0v) is 57.8. The van der Waals surface area contributed by atoms with Gasteiger partial charge in [0.05, 0.1) is 26.4 Å². The predicted octanol–water partition coefficient (Wildman–Crippen LogP) is 19.5. The molecule has 0 rings (SSSR count). The predicted molar refractivity (Wildman–Crippen MR) is 349 cm³/mol. The van der Waals surface area contributed by atoms with E-state index in [1.165, 1.54) is 186 Å². The number of hydrogen-bond donors (Lipinski definition) is 3. The van der Waals surface area contributed by atoms with Gasteiger partial charge in [-0.25, -0.2) is 9.13 Å². The molecule has 0 spiro atoms. The number of carbonyl (C=O) groups is 4. The second-order valence-electron chi connectivity index (χ2n) is 24.6. The van der Waals surface area contributed by atoms with Gasteiger partial charge in [0.2, 0.25) is 0 Å². The topological polar surface area (TPSA) is 237 Å². The van der Waals surface area contributed by atoms with E-state index in [9.17, 15) is 43.2 Å². The van der Waals surface area contributed by atoms with E-state index < -0.39 is 97.5 Å². The van der Waals surface area contributed by atoms with Crippen molar-refractivity contribution in [3.05, 3.63) is 0 Å². The fourth-order valence-corrected chi connectivity index (χ4v) is 11.9. The molecule has 0 heterocycles. The molecule has 0 fully saturated rings. The molecule has 5 atom stereocenters. The van der Waals surface area contributed by atoms with Crippen LogP contribution in [0, 0.1) is 0 Å². The summed E-state index contributed by atoms with van der Waals surface area (Å²) >= 11 is 0. The average Bonchev–Trinajstić information content (AvgIpc) is 3.70. The molecule has 2 unspecified atom stereocenters. The van der Waals surface area contributed by atoms with E-state index in [-0.39, 0.29) is 25.7 Å². The molecular weight excluding hydrogens is 1150 g/mol. The third-order valence-corrected chi connectivity index (χ3v) is 17.8. The second-order valence-corrected chi connectivity index (χ2v) is 27.5. The summed E-state index contributed by atoms with van der Waals surface area (Å²) in [6.45, 7) is 4.90. The smallest absolute Gasteiger partial charge is 0.462 e. The number of unbranched alkanes of at least 4 members (excludes halogenated alkanes) is 43. The van der Waals surface area contributed by atoms with Crippen LogP contribution in [0.4, 0.5) is 0 Å². The number of carbonyl (C=O) groups excluding carboxylic acids is 4. The van der Waals surface area contributed by atoms with Crippen LogP contribution in [0.2, 0.25) is 0 Å². The van der Waals surface area contributed by atoms with Gasteiger partial charge in [0, 0.05) is 25.7 Å². The molecule has 0 aromatic heterocycles. The Balaban J connectivity index is 5.18. The van der Waals surface area contributed by atoms with Gasteiger partial charge >= 0.3 is 39.5 Å². The molecule has 0 saturated heterocycles. The Hall–Kier alpha value is -1.94. The van der Waals surface area contributed by atoms with Crippen molar-refractivity contribution in [2.75, 3.05) is 39.6 Å². The minimum absolute atomic E-state index is 0.107. The summed E-state index contributed by atoms with van der Waals surface area (Å²) in [6.07, 6.45) is 49.9. The van der Waals surface area contributed by atoms with Crippen molar-refractivity contribution in [2.24, 2.45) is 0 Å². The molecule has 0 aromatic carbocycles. The normalized spacial score (nSPS) is 14.1. The van der Waals surface area contributed by atoms with Crippen molar-refractivity contribution in [1.82, 2.24) is 0 Å². The van der Waals surface area contributed by atoms with Gasteiger partial charge in [0.15, 0.2) is 12.2 Å². The number of hydrogen-bond acceptors (Lipinski definition) is 15. The van der Waals surface area contributed by atoms with E-state index in [4.69, 9.17) is 37.0 Å². The average molecular weight is 1280 g/mol. The molecule has 0 amide bonds. The number of phosphoric acid groups is 2. The van der Waals surface area contributed by atoms with Crippen LogP contribution < -0.4 is 0 Å². The minimum atomic E-state index is -4.95. The maximum atomic E-state index is 13.0. The van der Waals surface area contributed by atoms with Gasteiger partial charge in [-0.1, -0.05) is 304 Å². The Morgan fingerprint density at radius 2 is 0.460 bits per heavy atom. The molecule has 0 saturated carbocycles. The first-order valence-corrected chi connectivity index (χ1v) is 38.8. The highest BCUT2D eigenvalue weighted by atomic mass is 31.2. The molecule has 0 aromatic rings. The van der Waals surface area contributed by atoms with Crippen LogP contribution >= 0.6 is 15.6 Å². The SMILES string of the molecule is CCCCCCCCCCCCCCCCCCCCC(=O)O[C@H](COC(=O)CCCCCCCCCCCC)COP(=O)(O)OC[C@@H](O)COP(=O)(O)OC[C@@H](COC(=O)CCCCCCCCCCC)OC(=O)CCCCCCCCCCCC. The molecule has 0 bridgehead atoms. The number of phosphoric ester groups is 2. The maximum absolute atomic E-state index is 13.0. The van der Waals surface area contributed by atoms with Crippen LogP contribution in [0.1, 0.15) is 355 Å². The van der Waals surface area contributed by atoms with E-state index in [1.807, 2.05) is 0 Å². The van der Waals surface area contributed by atoms with Crippen LogP contribution in [0.25, 0.3) is 0 Å². The van der Waals surface area contributed by atoms with E-state index in [2.05, 4.69) is 27.7 Å². The minimum Gasteiger partial charge on any atom is -0.462 e. The third-order valence-electron chi connectivity index (χ3n) is 15.9. The molecule has 17 nitrogen and oxygen atoms in total. The lowest BCUT2D eigenvalue weighted by Gasteiger charge is -2.21. The second kappa shape index (κ2) is 62.8. The Morgan fingerprint density at radius 1 is 0.276 bits per heavy atom. The Labute approximate surface area is 530 Å². The van der Waals surface area contributed by atoms with Crippen molar-refractivity contribution in [2.45, 2.75) is 373 Å². The third kappa shape index (κ3) is 62.6. The maximum Gasteiger partial charge on any atom is 0.472 e. The van der Waals surface area contributed by atoms with Crippen molar-refractivity contribution in [3.63, 3.8) is 0 Å². The molecule has 19 heteroatoms. The number of aliphatic hydroxyl groups excluding tert-OH is 1. The zero-order chi connectivity index (χ0) is 64.0. The molecule has 0 radical (unpaired) electrons. The summed E-state index contributed by atoms with van der Waals surface area (Å²) in [7, 11) is -9.89. The summed E-state index contributed by atoms with van der Waals surface area (Å²) in [4.78, 5) is 72.3. The first-order valence-electron chi connectivity index (χ1n) is 35.8. The van der Waals surface area contributed by atoms with Gasteiger partial charge in [-0.15, -0.1) is 0 Å². The monoisotopic (exact) mass is 1280 g/mol. The van der Waals surface area contributed by atoms with E-state index in [1.54, 1.807) is 0 Å². The highest BCUT2D eigenvalue weighted by molar-refractivity contribution is 7.47. The van der Waals surface area contributed by atoms with Crippen LogP contribution in [0.5, 0.6) is 0 Å². The summed E-state index contributed by atoms with van der Waals surface area (Å²) in [5.41, 5.74) is 0. The summed E-state index contributed by atoms with van der Waals surface area (Å²) in [5.74, 6) is -2.13. The largest absolute Gasteiger partial charge is 0.472 e. The molecule has 3 N–H and O–H groups in total. The molecule has 87 heavy (non-hydrogen) atoms. The lowest BCUT2D eigenvalue weighted by atomic mass is 10.0. The van der Waals surface area contributed by atoms with Crippen LogP contribution in [-0.4, -0.2) is 96.7 Å². The highest BCUT2D eigenvalue weighted by Crippen LogP contribution is 2.45. The molecule has 0 aliphatic rings. The van der Waals surface area contributed by atoms with E-state index in [0.29, 0.717) is 25.7 Å². The summed E-state index contributed by atoms with van der Waals surface area (Å²) in [6, 6.07) is 0. The standard InChI is InChI=1S/C68H132O17P2/c1-5-9-13-17-21-25-28-29-30-31-32-33-34-35-39-43-47-51-55-68(73)85-64(59-79-66(71)53-49-45-41-37-26-22-18-14-10-6-2)61-83-87(76,77)81-57-62(69)56-80-86(74,75)82-60-63(58-78-65(70)52-48-44-40-36-24-20-16-12-8-4)84-67(72)54-50-46-42-38-27-23-19-15-11-7-3/h62-64,69H,5-61H2,1-4H3,(H,74,75)(H,76,77)/t62-,63+,64+/m0/s1. The van der Waals surface area contributed by atoms with Gasteiger partial charge in [-0.05, 0) is 25.7 Å². The van der Waals surface area contributed by atoms with Crippen molar-refractivity contribution in [3.8, 4) is 0 Å². The van der Waals surface area contributed by atoms with Crippen molar-refractivity contribution < 1.29 is 80.2 Å². The van der Waals surface area contributed by atoms with Crippen LogP contribution in [-0.2, 0) is 65.4 Å². The number of aliphatic hydroxyl groups is 1. The first kappa shape index (κ1) is 85.1. The van der Waals surface area contributed by atoms with Crippen LogP contribution in [0.15, 0.2) is 0 Å². The number of esters is 4. The first-order chi connectivity index (χ1) is 42.2. The molecule has 0 aliphatic carbocycles. The Morgan fingerprint density at radius 3 is 0.678 bits per heavy atom. The number of rotatable bonds is 69.